The number of hydrogen-bond acceptors (Lipinski definition) is 16. The molecule has 24 heteroatoms. The van der Waals surface area contributed by atoms with E-state index in [0.29, 0.717) is 0 Å². The Balaban J connectivity index is 1.17. The van der Waals surface area contributed by atoms with Crippen molar-refractivity contribution in [3.63, 3.8) is 0 Å². The molecule has 10 N–H and O–H groups in total. The number of fused-ring (bicyclic) bond motifs is 4. The topological polar surface area (TPSA) is 315 Å². The molecule has 3 saturated heterocycles. The maximum atomic E-state index is 13.2. The monoisotopic (exact) mass is 656 g/mol. The molecule has 0 aliphatic carbocycles. The van der Waals surface area contributed by atoms with E-state index in [1.165, 1.54) is 34.4 Å². The summed E-state index contributed by atoms with van der Waals surface area (Å²) < 4.78 is 51.5. The zero-order valence-corrected chi connectivity index (χ0v) is 24.0. The van der Waals surface area contributed by atoms with Crippen molar-refractivity contribution in [3.05, 3.63) is 25.3 Å². The second-order valence-electron chi connectivity index (χ2n) is 10.2. The van der Waals surface area contributed by atoms with E-state index in [0.717, 1.165) is 0 Å². The maximum Gasteiger partial charge on any atom is 0.403 e. The van der Waals surface area contributed by atoms with Crippen LogP contribution in [0.4, 0.5) is 11.6 Å². The molecule has 7 heterocycles. The van der Waals surface area contributed by atoms with Gasteiger partial charge in [-0.2, -0.15) is 0 Å². The van der Waals surface area contributed by atoms with Crippen LogP contribution in [-0.4, -0.2) is 109 Å². The molecule has 0 amide bonds. The largest absolute Gasteiger partial charge is 0.403 e. The van der Waals surface area contributed by atoms with Gasteiger partial charge in [-0.15, -0.1) is 0 Å². The first-order valence-corrected chi connectivity index (χ1v) is 16.1. The quantitative estimate of drug-likeness (QED) is 0.103. The lowest BCUT2D eigenvalue weighted by molar-refractivity contribution is -0.0483. The highest BCUT2D eigenvalue weighted by Gasteiger charge is 2.52. The molecule has 3 fully saturated rings. The van der Waals surface area contributed by atoms with Crippen molar-refractivity contribution < 1.29 is 47.7 Å². The minimum Gasteiger partial charge on any atom is -0.387 e. The highest BCUT2D eigenvalue weighted by Crippen LogP contribution is 2.47. The number of hydrogen-bond donors (Lipinski definition) is 8. The molecule has 4 aromatic rings. The SMILES string of the molecule is Nc1ncnc2c1ncn2[C@@H]1O[C@@H]2COP(=O)(O)NC3[C@@H](COP(=O)(O)NC2[C@@H]1O)O[C@@H](n1cnc2c(N)ncnc21)[C@H]3O. The Kier molecular flexibility index (Phi) is 7.16. The summed E-state index contributed by atoms with van der Waals surface area (Å²) in [6.07, 6.45) is -3.18. The third-order valence-corrected chi connectivity index (χ3v) is 9.77. The fourth-order valence-electron chi connectivity index (χ4n) is 5.46. The number of nitrogen functional groups attached to an aromatic ring is 2. The third kappa shape index (κ3) is 5.04. The molecule has 3 aliphatic heterocycles. The summed E-state index contributed by atoms with van der Waals surface area (Å²) in [7, 11) is -9.45. The summed E-state index contributed by atoms with van der Waals surface area (Å²) in [5.41, 5.74) is 12.5. The summed E-state index contributed by atoms with van der Waals surface area (Å²) in [6, 6.07) is -2.71. The highest BCUT2D eigenvalue weighted by molar-refractivity contribution is 7.50. The minimum absolute atomic E-state index is 0.0746. The van der Waals surface area contributed by atoms with Crippen molar-refractivity contribution in [2.45, 2.75) is 49.0 Å². The van der Waals surface area contributed by atoms with E-state index in [4.69, 9.17) is 30.0 Å². The van der Waals surface area contributed by atoms with Gasteiger partial charge < -0.3 is 40.9 Å². The number of imidazole rings is 2. The number of ether oxygens (including phenoxy) is 2. The van der Waals surface area contributed by atoms with E-state index >= 15 is 0 Å². The summed E-state index contributed by atoms with van der Waals surface area (Å²) >= 11 is 0. The smallest absolute Gasteiger partial charge is 0.387 e. The number of aliphatic hydroxyl groups is 2. The van der Waals surface area contributed by atoms with Crippen LogP contribution in [-0.2, 0) is 27.7 Å². The molecule has 236 valence electrons. The van der Waals surface area contributed by atoms with E-state index in [9.17, 15) is 29.1 Å². The zero-order valence-electron chi connectivity index (χ0n) is 22.2. The van der Waals surface area contributed by atoms with E-state index in [1.807, 2.05) is 0 Å². The van der Waals surface area contributed by atoms with Crippen molar-refractivity contribution in [2.24, 2.45) is 0 Å². The lowest BCUT2D eigenvalue weighted by atomic mass is 10.1. The van der Waals surface area contributed by atoms with E-state index in [-0.39, 0.29) is 34.0 Å². The second kappa shape index (κ2) is 10.7. The Bertz CT molecular complexity index is 1690. The predicted molar refractivity (Wildman–Crippen MR) is 145 cm³/mol. The van der Waals surface area contributed by atoms with Crippen LogP contribution >= 0.6 is 15.5 Å². The fourth-order valence-corrected chi connectivity index (χ4v) is 7.70. The zero-order chi connectivity index (χ0) is 31.0. The average Bonchev–Trinajstić information content (AvgIpc) is 3.73. The summed E-state index contributed by atoms with van der Waals surface area (Å²) in [5, 5.41) is 27.1. The highest BCUT2D eigenvalue weighted by atomic mass is 31.2. The van der Waals surface area contributed by atoms with Crippen LogP contribution in [0.25, 0.3) is 22.3 Å². The van der Waals surface area contributed by atoms with E-state index in [2.05, 4.69) is 40.1 Å². The molecule has 0 radical (unpaired) electrons. The Labute approximate surface area is 245 Å². The van der Waals surface area contributed by atoms with Gasteiger partial charge in [-0.1, -0.05) is 0 Å². The first-order chi connectivity index (χ1) is 20.9. The van der Waals surface area contributed by atoms with Gasteiger partial charge in [-0.3, -0.25) is 18.2 Å². The number of nitrogens with one attached hydrogen (secondary N) is 2. The number of rotatable bonds is 2. The van der Waals surface area contributed by atoms with Crippen molar-refractivity contribution >= 4 is 49.5 Å². The molecule has 3 aliphatic rings. The molecule has 0 saturated carbocycles. The van der Waals surface area contributed by atoms with E-state index < -0.39 is 77.7 Å². The van der Waals surface area contributed by atoms with Crippen LogP contribution in [0, 0.1) is 0 Å². The van der Waals surface area contributed by atoms with Crippen LogP contribution in [0.2, 0.25) is 0 Å². The number of aliphatic hydroxyl groups excluding tert-OH is 2. The van der Waals surface area contributed by atoms with Crippen molar-refractivity contribution in [1.29, 1.82) is 0 Å². The van der Waals surface area contributed by atoms with Crippen LogP contribution in [0.3, 0.4) is 0 Å². The summed E-state index contributed by atoms with van der Waals surface area (Å²) in [5.74, 6) is 0.149. The van der Waals surface area contributed by atoms with Crippen molar-refractivity contribution in [1.82, 2.24) is 49.2 Å². The van der Waals surface area contributed by atoms with Crippen LogP contribution in [0.15, 0.2) is 25.3 Å². The molecule has 4 unspecified atom stereocenters. The van der Waals surface area contributed by atoms with Gasteiger partial charge >= 0.3 is 15.5 Å². The van der Waals surface area contributed by atoms with Gasteiger partial charge in [0.15, 0.2) is 35.4 Å². The molecule has 0 spiro atoms. The number of nitrogens with zero attached hydrogens (tertiary/aromatic N) is 8. The molecule has 7 rings (SSSR count). The predicted octanol–water partition coefficient (Wildman–Crippen LogP) is -2.49. The Morgan fingerprint density at radius 1 is 0.727 bits per heavy atom. The molecule has 4 aromatic heterocycles. The Morgan fingerprint density at radius 3 is 1.55 bits per heavy atom. The molecule has 22 nitrogen and oxygen atoms in total. The fraction of sp³-hybridized carbons (Fsp3) is 0.500. The minimum atomic E-state index is -4.73. The van der Waals surface area contributed by atoms with Crippen molar-refractivity contribution in [2.75, 3.05) is 24.7 Å². The number of anilines is 2. The second-order valence-corrected chi connectivity index (χ2v) is 13.3. The van der Waals surface area contributed by atoms with Gasteiger partial charge in [-0.25, -0.2) is 49.2 Å². The normalized spacial score (nSPS) is 38.3. The molecular weight excluding hydrogens is 630 g/mol. The van der Waals surface area contributed by atoms with Crippen molar-refractivity contribution in [3.8, 4) is 0 Å². The summed E-state index contributed by atoms with van der Waals surface area (Å²) in [6.45, 7) is -1.31. The van der Waals surface area contributed by atoms with Crippen LogP contribution < -0.4 is 21.6 Å². The number of aromatic nitrogens is 8. The lowest BCUT2D eigenvalue weighted by Crippen LogP contribution is -2.48. The molecular formula is C20H26N12O10P2. The number of nitrogens with two attached hydrogens (primary N) is 2. The molecule has 44 heavy (non-hydrogen) atoms. The first-order valence-electron chi connectivity index (χ1n) is 13.0. The Morgan fingerprint density at radius 2 is 1.14 bits per heavy atom. The first kappa shape index (κ1) is 29.5. The molecule has 0 aromatic carbocycles. The van der Waals surface area contributed by atoms with Crippen LogP contribution in [0.1, 0.15) is 12.5 Å². The average molecular weight is 656 g/mol. The third-order valence-electron chi connectivity index (χ3n) is 7.52. The van der Waals surface area contributed by atoms with E-state index in [1.54, 1.807) is 0 Å². The molecule has 0 bridgehead atoms. The lowest BCUT2D eigenvalue weighted by Gasteiger charge is -2.29. The van der Waals surface area contributed by atoms with Gasteiger partial charge in [0.25, 0.3) is 0 Å². The van der Waals surface area contributed by atoms with Gasteiger partial charge in [0.2, 0.25) is 0 Å². The maximum absolute atomic E-state index is 13.2. The van der Waals surface area contributed by atoms with Gasteiger partial charge in [0, 0.05) is 0 Å². The van der Waals surface area contributed by atoms with Gasteiger partial charge in [0.05, 0.1) is 38.0 Å². The van der Waals surface area contributed by atoms with Gasteiger partial charge in [-0.05, 0) is 0 Å². The van der Waals surface area contributed by atoms with Gasteiger partial charge in [0.1, 0.15) is 48.1 Å². The standard InChI is InChI=1S/C20H26N12O10P2/c21-15-11-17(25-3-23-15)31(5-27-11)19-13(33)9-7(41-19)1-39-43(35,36)30-10-8(2-40-44(37,38)29-9)42-20(14(10)34)32-6-28-12-16(22)24-4-26-18(12)32/h3-10,13-14,19-20,33-34H,1-2H2,(H2,21,23,25)(H2,22,24,26)(H2,29,37,38)(H2,30,35,36)/t7-,8-,9?,10?,13+,14+,19-,20-/m1/s1. The van der Waals surface area contributed by atoms with Crippen LogP contribution in [0.5, 0.6) is 0 Å². The Hall–Kier alpha value is -3.24. The molecule has 10 atom stereocenters. The summed E-state index contributed by atoms with van der Waals surface area (Å²) in [4.78, 5) is 45.7.